The first-order chi connectivity index (χ1) is 13.2. The van der Waals surface area contributed by atoms with E-state index in [9.17, 15) is 0 Å². The van der Waals surface area contributed by atoms with E-state index in [1.54, 1.807) is 0 Å². The number of likely N-dealkylation sites (tertiary alicyclic amines) is 2. The average molecular weight is 368 g/mol. The maximum Gasteiger partial charge on any atom is 0.225 e. The lowest BCUT2D eigenvalue weighted by Crippen LogP contribution is -2.56. The van der Waals surface area contributed by atoms with Gasteiger partial charge in [-0.25, -0.2) is 9.97 Å². The molecule has 3 fully saturated rings. The maximum absolute atomic E-state index is 4.83. The number of piperazine rings is 1. The molecule has 3 aliphatic rings. The number of fused-ring (bicyclic) bond motifs is 2. The van der Waals surface area contributed by atoms with Crippen molar-refractivity contribution in [1.82, 2.24) is 19.8 Å². The van der Waals surface area contributed by atoms with Crippen molar-refractivity contribution in [3.05, 3.63) is 18.0 Å². The van der Waals surface area contributed by atoms with Crippen LogP contribution in [0.1, 0.15) is 57.9 Å². The summed E-state index contributed by atoms with van der Waals surface area (Å²) in [5.41, 5.74) is 1.29. The van der Waals surface area contributed by atoms with Crippen LogP contribution in [0, 0.1) is 11.8 Å². The predicted molar refractivity (Wildman–Crippen MR) is 110 cm³/mol. The average Bonchev–Trinajstić information content (AvgIpc) is 2.95. The smallest absolute Gasteiger partial charge is 0.225 e. The van der Waals surface area contributed by atoms with Gasteiger partial charge in [-0.1, -0.05) is 5.92 Å². The highest BCUT2D eigenvalue weighted by molar-refractivity contribution is 5.38. The van der Waals surface area contributed by atoms with Crippen molar-refractivity contribution in [2.24, 2.45) is 0 Å². The molecule has 0 N–H and O–H groups in total. The normalized spacial score (nSPS) is 29.0. The van der Waals surface area contributed by atoms with E-state index < -0.39 is 0 Å². The fourth-order valence-corrected chi connectivity index (χ4v) is 5.02. The van der Waals surface area contributed by atoms with Crippen molar-refractivity contribution in [2.45, 2.75) is 70.5 Å². The second-order valence-corrected chi connectivity index (χ2v) is 8.66. The number of piperidine rings is 1. The number of anilines is 1. The summed E-state index contributed by atoms with van der Waals surface area (Å²) in [6.07, 6.45) is 9.20. The number of hydrogen-bond donors (Lipinski definition) is 0. The van der Waals surface area contributed by atoms with Crippen LogP contribution in [0.5, 0.6) is 0 Å². The van der Waals surface area contributed by atoms with Crippen molar-refractivity contribution in [2.75, 3.05) is 37.6 Å². The van der Waals surface area contributed by atoms with Crippen molar-refractivity contribution >= 4 is 5.95 Å². The van der Waals surface area contributed by atoms with Crippen LogP contribution in [0.4, 0.5) is 5.95 Å². The molecule has 0 aliphatic carbocycles. The van der Waals surface area contributed by atoms with Gasteiger partial charge in [0.1, 0.15) is 0 Å². The van der Waals surface area contributed by atoms with E-state index in [0.29, 0.717) is 24.0 Å². The summed E-state index contributed by atoms with van der Waals surface area (Å²) in [5.74, 6) is 7.70. The number of aromatic nitrogens is 2. The van der Waals surface area contributed by atoms with Crippen LogP contribution >= 0.6 is 0 Å². The third-order valence-electron chi connectivity index (χ3n) is 6.59. The van der Waals surface area contributed by atoms with Gasteiger partial charge in [-0.3, -0.25) is 9.80 Å². The third-order valence-corrected chi connectivity index (χ3v) is 6.59. The van der Waals surface area contributed by atoms with E-state index >= 15 is 0 Å². The fraction of sp³-hybridized carbons (Fsp3) is 0.727. The van der Waals surface area contributed by atoms with Crippen LogP contribution in [0.3, 0.4) is 0 Å². The number of nitrogens with zero attached hydrogens (tertiary/aromatic N) is 5. The molecule has 4 heterocycles. The first-order valence-corrected chi connectivity index (χ1v) is 10.6. The molecule has 27 heavy (non-hydrogen) atoms. The highest BCUT2D eigenvalue weighted by Crippen LogP contribution is 2.34. The summed E-state index contributed by atoms with van der Waals surface area (Å²) in [6.45, 7) is 11.9. The predicted octanol–water partition coefficient (Wildman–Crippen LogP) is 2.74. The van der Waals surface area contributed by atoms with Gasteiger partial charge >= 0.3 is 0 Å². The molecule has 2 bridgehead atoms. The molecule has 3 atom stereocenters. The quantitative estimate of drug-likeness (QED) is 0.765. The molecule has 0 saturated carbocycles. The first kappa shape index (κ1) is 18.7. The Labute approximate surface area is 164 Å². The molecule has 4 rings (SSSR count). The highest BCUT2D eigenvalue weighted by Gasteiger charge is 2.41. The van der Waals surface area contributed by atoms with Crippen molar-refractivity contribution in [1.29, 1.82) is 0 Å². The minimum absolute atomic E-state index is 0.543. The van der Waals surface area contributed by atoms with Gasteiger partial charge in [0.05, 0.1) is 6.54 Å². The van der Waals surface area contributed by atoms with Crippen molar-refractivity contribution in [3.63, 3.8) is 0 Å². The topological polar surface area (TPSA) is 35.5 Å². The largest absolute Gasteiger partial charge is 0.332 e. The summed E-state index contributed by atoms with van der Waals surface area (Å²) < 4.78 is 0. The van der Waals surface area contributed by atoms with E-state index in [0.717, 1.165) is 38.7 Å². The van der Waals surface area contributed by atoms with E-state index in [4.69, 9.17) is 9.97 Å². The third kappa shape index (κ3) is 3.97. The van der Waals surface area contributed by atoms with Gasteiger partial charge in [-0.15, -0.1) is 5.92 Å². The van der Waals surface area contributed by atoms with Gasteiger partial charge in [-0.05, 0) is 64.5 Å². The van der Waals surface area contributed by atoms with Crippen LogP contribution in [-0.4, -0.2) is 70.6 Å². The zero-order valence-corrected chi connectivity index (χ0v) is 17.1. The maximum atomic E-state index is 4.83. The summed E-state index contributed by atoms with van der Waals surface area (Å²) >= 11 is 0. The molecule has 0 amide bonds. The monoisotopic (exact) mass is 367 g/mol. The zero-order valence-electron chi connectivity index (χ0n) is 17.1. The second-order valence-electron chi connectivity index (χ2n) is 8.66. The lowest BCUT2D eigenvalue weighted by Gasteiger charge is -2.42. The van der Waals surface area contributed by atoms with Gasteiger partial charge in [0.25, 0.3) is 0 Å². The van der Waals surface area contributed by atoms with E-state index in [-0.39, 0.29) is 0 Å². The van der Waals surface area contributed by atoms with Crippen molar-refractivity contribution < 1.29 is 0 Å². The molecule has 146 valence electrons. The molecule has 3 saturated heterocycles. The summed E-state index contributed by atoms with van der Waals surface area (Å²) in [5, 5.41) is 0. The Morgan fingerprint density at radius 3 is 2.41 bits per heavy atom. The van der Waals surface area contributed by atoms with Gasteiger partial charge in [0, 0.05) is 50.2 Å². The Hall–Kier alpha value is -1.64. The van der Waals surface area contributed by atoms with Gasteiger partial charge in [-0.2, -0.15) is 0 Å². The molecule has 5 heteroatoms. The second kappa shape index (κ2) is 8.16. The lowest BCUT2D eigenvalue weighted by atomic mass is 9.92. The Morgan fingerprint density at radius 1 is 1.07 bits per heavy atom. The van der Waals surface area contributed by atoms with Crippen LogP contribution < -0.4 is 4.90 Å². The first-order valence-electron chi connectivity index (χ1n) is 10.6. The van der Waals surface area contributed by atoms with E-state index in [1.165, 1.54) is 31.2 Å². The zero-order chi connectivity index (χ0) is 18.8. The summed E-state index contributed by atoms with van der Waals surface area (Å²) in [7, 11) is 0. The Bertz CT molecular complexity index is 675. The Kier molecular flexibility index (Phi) is 5.66. The van der Waals surface area contributed by atoms with Crippen LogP contribution in [-0.2, 0) is 0 Å². The molecule has 1 aromatic rings. The van der Waals surface area contributed by atoms with Crippen LogP contribution in [0.2, 0.25) is 0 Å². The Balaban J connectivity index is 1.43. The van der Waals surface area contributed by atoms with E-state index in [2.05, 4.69) is 52.8 Å². The van der Waals surface area contributed by atoms with Crippen LogP contribution in [0.15, 0.2) is 12.4 Å². The minimum Gasteiger partial charge on any atom is -0.332 e. The fourth-order valence-electron chi connectivity index (χ4n) is 5.02. The SMILES string of the molecule is CC#CCN1CCCC(c2cnc(N3C4CCC3CN(C(C)C)C4)nc2)C1. The number of rotatable bonds is 4. The summed E-state index contributed by atoms with van der Waals surface area (Å²) in [6, 6.07) is 1.79. The van der Waals surface area contributed by atoms with Gasteiger partial charge < -0.3 is 4.90 Å². The molecular weight excluding hydrogens is 334 g/mol. The van der Waals surface area contributed by atoms with Gasteiger partial charge in [0.2, 0.25) is 5.95 Å². The molecule has 5 nitrogen and oxygen atoms in total. The molecular formula is C22H33N5. The molecule has 3 aliphatic heterocycles. The highest BCUT2D eigenvalue weighted by atomic mass is 15.4. The molecule has 0 aromatic carbocycles. The molecule has 0 radical (unpaired) electrons. The molecule has 1 aromatic heterocycles. The molecule has 0 spiro atoms. The standard InChI is InChI=1S/C22H33N5/c1-4-5-10-25-11-6-7-18(14-25)19-12-23-22(24-13-19)27-20-8-9-21(27)16-26(15-20)17(2)3/h12-13,17-18,20-21H,6-11,14-16H2,1-3H3. The lowest BCUT2D eigenvalue weighted by molar-refractivity contribution is 0.176. The van der Waals surface area contributed by atoms with Crippen LogP contribution in [0.25, 0.3) is 0 Å². The Morgan fingerprint density at radius 2 is 1.78 bits per heavy atom. The van der Waals surface area contributed by atoms with Gasteiger partial charge in [0.15, 0.2) is 0 Å². The molecule has 3 unspecified atom stereocenters. The van der Waals surface area contributed by atoms with Crippen molar-refractivity contribution in [3.8, 4) is 11.8 Å². The van der Waals surface area contributed by atoms with E-state index in [1.807, 2.05) is 6.92 Å². The number of hydrogen-bond acceptors (Lipinski definition) is 5. The summed E-state index contributed by atoms with van der Waals surface area (Å²) in [4.78, 5) is 17.2. The minimum atomic E-state index is 0.543.